The lowest BCUT2D eigenvalue weighted by atomic mass is 9.98. The van der Waals surface area contributed by atoms with Crippen LogP contribution in [0.25, 0.3) is 0 Å². The Kier molecular flexibility index (Phi) is 38.1. The molecule has 0 aromatic carbocycles. The number of amides is 15. The summed E-state index contributed by atoms with van der Waals surface area (Å²) in [6.07, 6.45) is -2.46. The van der Waals surface area contributed by atoms with Gasteiger partial charge >= 0.3 is 5.97 Å². The van der Waals surface area contributed by atoms with Crippen molar-refractivity contribution < 1.29 is 118 Å². The number of aliphatic hydroxyl groups excluding tert-OH is 7. The molecule has 40 nitrogen and oxygen atoms in total. The Labute approximate surface area is 586 Å². The van der Waals surface area contributed by atoms with E-state index in [0.717, 1.165) is 37.5 Å². The summed E-state index contributed by atoms with van der Waals surface area (Å²) in [5.41, 5.74) is 5.54. The first kappa shape index (κ1) is 88.6. The van der Waals surface area contributed by atoms with Crippen LogP contribution in [-0.4, -0.2) is 313 Å². The van der Waals surface area contributed by atoms with Gasteiger partial charge in [0.15, 0.2) is 0 Å². The Morgan fingerprint density at radius 3 is 1.25 bits per heavy atom. The van der Waals surface area contributed by atoms with Gasteiger partial charge in [0.05, 0.1) is 57.3 Å². The molecule has 572 valence electrons. The molecule has 2 saturated heterocycles. The molecule has 0 unspecified atom stereocenters. The van der Waals surface area contributed by atoms with Crippen LogP contribution in [0.4, 0.5) is 0 Å². The normalized spacial score (nSPS) is 19.0. The van der Waals surface area contributed by atoms with E-state index in [1.807, 2.05) is 0 Å². The van der Waals surface area contributed by atoms with Gasteiger partial charge in [-0.2, -0.15) is 11.8 Å². The molecule has 2 aliphatic rings. The molecule has 0 bridgehead atoms. The molecule has 101 heavy (non-hydrogen) atoms. The van der Waals surface area contributed by atoms with Gasteiger partial charge in [0.1, 0.15) is 85.1 Å². The van der Waals surface area contributed by atoms with Crippen molar-refractivity contribution >= 4 is 106 Å². The molecule has 18 atom stereocenters. The molecule has 2 aliphatic heterocycles. The molecular formula is C60H102N16O24S. The number of carbonyl (C=O) groups excluding carboxylic acids is 15. The lowest BCUT2D eigenvalue weighted by Crippen LogP contribution is -2.63. The lowest BCUT2D eigenvalue weighted by Gasteiger charge is -2.31. The van der Waals surface area contributed by atoms with Crippen molar-refractivity contribution in [3.63, 3.8) is 0 Å². The van der Waals surface area contributed by atoms with E-state index in [2.05, 4.69) is 69.1 Å². The van der Waals surface area contributed by atoms with Crippen LogP contribution >= 0.6 is 11.8 Å². The second-order valence-corrected chi connectivity index (χ2v) is 25.9. The molecule has 2 fully saturated rings. The first-order valence-corrected chi connectivity index (χ1v) is 34.2. The minimum Gasteiger partial charge on any atom is -0.480 e. The van der Waals surface area contributed by atoms with Crippen LogP contribution < -0.4 is 74.9 Å². The number of carbonyl (C=O) groups is 16. The molecule has 23 N–H and O–H groups in total. The number of hydrogen-bond acceptors (Lipinski definition) is 25. The zero-order chi connectivity index (χ0) is 76.9. The Morgan fingerprint density at radius 2 is 0.832 bits per heavy atom. The van der Waals surface area contributed by atoms with Gasteiger partial charge in [-0.3, -0.25) is 76.7 Å². The van der Waals surface area contributed by atoms with E-state index in [4.69, 9.17) is 10.8 Å². The third-order valence-corrected chi connectivity index (χ3v) is 17.0. The van der Waals surface area contributed by atoms with E-state index in [1.54, 1.807) is 20.1 Å². The second kappa shape index (κ2) is 43.4. The fraction of sp³-hybridized carbons (Fsp3) is 0.733. The fourth-order valence-electron chi connectivity index (χ4n) is 10.3. The maximum absolute atomic E-state index is 14.1. The number of carboxylic acids is 1. The first-order chi connectivity index (χ1) is 47.3. The highest BCUT2D eigenvalue weighted by Gasteiger charge is 2.43. The first-order valence-electron chi connectivity index (χ1n) is 32.8. The monoisotopic (exact) mass is 1460 g/mol. The number of carboxylic acid groups (broad SMARTS) is 1. The van der Waals surface area contributed by atoms with E-state index >= 15 is 0 Å². The van der Waals surface area contributed by atoms with Crippen molar-refractivity contribution in [1.29, 1.82) is 0 Å². The van der Waals surface area contributed by atoms with Crippen molar-refractivity contribution in [2.75, 3.05) is 64.6 Å². The van der Waals surface area contributed by atoms with Gasteiger partial charge in [-0.25, -0.2) is 0 Å². The van der Waals surface area contributed by atoms with Crippen LogP contribution in [0, 0.1) is 11.8 Å². The van der Waals surface area contributed by atoms with Crippen LogP contribution in [-0.2, 0) is 76.7 Å². The summed E-state index contributed by atoms with van der Waals surface area (Å²) >= 11 is 1.24. The Balaban J connectivity index is 2.16. The number of nitrogens with one attached hydrogen (secondary N) is 13. The minimum atomic E-state index is -1.83. The number of nitrogens with zero attached hydrogens (tertiary/aromatic N) is 2. The second-order valence-electron chi connectivity index (χ2n) is 24.9. The van der Waals surface area contributed by atoms with Gasteiger partial charge in [0, 0.05) is 13.1 Å². The minimum absolute atomic E-state index is 0.0186. The number of aliphatic hydroxyl groups is 7. The highest BCUT2D eigenvalue weighted by Crippen LogP contribution is 2.21. The van der Waals surface area contributed by atoms with Gasteiger partial charge in [0.25, 0.3) is 0 Å². The van der Waals surface area contributed by atoms with E-state index in [1.165, 1.54) is 32.5 Å². The molecule has 2 rings (SSSR count). The predicted molar refractivity (Wildman–Crippen MR) is 354 cm³/mol. The number of likely N-dealkylation sites (tertiary alicyclic amines) is 2. The molecule has 41 heteroatoms. The van der Waals surface area contributed by atoms with Crippen molar-refractivity contribution in [3.8, 4) is 0 Å². The van der Waals surface area contributed by atoms with Gasteiger partial charge in [0.2, 0.25) is 88.6 Å². The van der Waals surface area contributed by atoms with Gasteiger partial charge in [-0.1, -0.05) is 34.1 Å². The smallest absolute Gasteiger partial charge is 0.322 e. The molecule has 0 aliphatic carbocycles. The van der Waals surface area contributed by atoms with Gasteiger partial charge < -0.3 is 126 Å². The molecule has 0 saturated carbocycles. The standard InChI is InChI=1S/C60H102N16O24S/c1-11-27(4)43(54(94)63-21-41(85)86)70-40(84)20-62-49(89)34(22-77)66-52(92)38-14-12-17-75(38)59(99)36(24-79)68-50(90)33(16-19-101-10)65-51(91)35(23-78)67-53(93)39-15-13-18-76(39)60(100)37(25-80)69-55(95)42(26(2)3)71-57(97)46(32(9)83)73-48(88)29(6)64-56(96)44(30(7)81)74-58(98)45(31(8)82)72-47(87)28(5)61/h26-39,42-46,77-83H,11-25,61H2,1-10H3,(H,62,89)(H,63,94)(H,64,96)(H,65,91)(H,66,92)(H,67,93)(H,68,90)(H,69,95)(H,70,84)(H,71,97)(H,72,87)(H,73,88)(H,74,98)(H,85,86)/t27-,28-,29-,30+,31+,32+,33-,34-,35-,36-,37-,38-,39-,42-,43-,44-,45-,46-/m0/s1. The number of thioether (sulfide) groups is 1. The summed E-state index contributed by atoms with van der Waals surface area (Å²) in [7, 11) is 0. The maximum atomic E-state index is 14.1. The summed E-state index contributed by atoms with van der Waals surface area (Å²) in [5, 5.41) is 111. The number of hydrogen-bond donors (Lipinski definition) is 22. The number of nitrogens with two attached hydrogens (primary N) is 1. The fourth-order valence-corrected chi connectivity index (χ4v) is 10.7. The summed E-state index contributed by atoms with van der Waals surface area (Å²) in [6, 6.07) is -21.7. The van der Waals surface area contributed by atoms with Crippen LogP contribution in [0.15, 0.2) is 0 Å². The van der Waals surface area contributed by atoms with Crippen molar-refractivity contribution in [3.05, 3.63) is 0 Å². The largest absolute Gasteiger partial charge is 0.480 e. The molecule has 0 spiro atoms. The molecule has 2 heterocycles. The van der Waals surface area contributed by atoms with E-state index in [0.29, 0.717) is 6.42 Å². The van der Waals surface area contributed by atoms with Gasteiger partial charge in [-0.05, 0) is 90.6 Å². The van der Waals surface area contributed by atoms with Crippen LogP contribution in [0.1, 0.15) is 101 Å². The third kappa shape index (κ3) is 27.4. The topological polar surface area (TPSA) is 624 Å². The Morgan fingerprint density at radius 1 is 0.446 bits per heavy atom. The van der Waals surface area contributed by atoms with Crippen molar-refractivity contribution in [2.24, 2.45) is 17.6 Å². The average Bonchev–Trinajstić information content (AvgIpc) is 1.81. The lowest BCUT2D eigenvalue weighted by molar-refractivity contribution is -0.144. The molecule has 15 amide bonds. The highest BCUT2D eigenvalue weighted by molar-refractivity contribution is 7.98. The van der Waals surface area contributed by atoms with E-state index in [-0.39, 0.29) is 50.9 Å². The van der Waals surface area contributed by atoms with Crippen LogP contribution in [0.2, 0.25) is 0 Å². The zero-order valence-electron chi connectivity index (χ0n) is 58.1. The quantitative estimate of drug-likeness (QED) is 0.0270. The Hall–Kier alpha value is -8.45. The molecule has 0 aromatic rings. The number of aliphatic carboxylic acids is 1. The average molecular weight is 1460 g/mol. The van der Waals surface area contributed by atoms with Crippen molar-refractivity contribution in [1.82, 2.24) is 78.9 Å². The van der Waals surface area contributed by atoms with E-state index in [9.17, 15) is 112 Å². The number of rotatable bonds is 42. The highest BCUT2D eigenvalue weighted by atomic mass is 32.2. The summed E-state index contributed by atoms with van der Waals surface area (Å²) in [6.45, 7) is 6.32. The van der Waals surface area contributed by atoms with Crippen LogP contribution in [0.5, 0.6) is 0 Å². The third-order valence-electron chi connectivity index (χ3n) is 16.4. The van der Waals surface area contributed by atoms with Gasteiger partial charge in [-0.15, -0.1) is 0 Å². The maximum Gasteiger partial charge on any atom is 0.322 e. The predicted octanol–water partition coefficient (Wildman–Crippen LogP) is -11.4. The molecule has 0 radical (unpaired) electrons. The Bertz CT molecular complexity index is 2910. The molecular weight excluding hydrogens is 1360 g/mol. The van der Waals surface area contributed by atoms with Crippen molar-refractivity contribution in [2.45, 2.75) is 204 Å². The van der Waals surface area contributed by atoms with Crippen LogP contribution in [0.3, 0.4) is 0 Å². The van der Waals surface area contributed by atoms with E-state index < -0.39 is 249 Å². The SMILES string of the molecule is CC[C@H](C)[C@H](NC(=O)CNC(=O)[C@H](CO)NC(=O)[C@@H]1CCCN1C(=O)[C@H](CO)NC(=O)[C@H](CCSC)NC(=O)[C@H](CO)NC(=O)[C@@H]1CCCN1C(=O)[C@H](CO)NC(=O)[C@@H](NC(=O)[C@@H](NC(=O)[C@H](C)NC(=O)[C@@H](NC(=O)[C@@H](NC(=O)[C@H](C)N)[C@@H](C)O)[C@@H](C)O)[C@@H](C)O)C(C)C)C(=O)NCC(=O)O. The summed E-state index contributed by atoms with van der Waals surface area (Å²) in [4.78, 5) is 214. The summed E-state index contributed by atoms with van der Waals surface area (Å²) in [5.74, 6) is -17.5. The summed E-state index contributed by atoms with van der Waals surface area (Å²) < 4.78 is 0. The molecule has 0 aromatic heterocycles. The zero-order valence-corrected chi connectivity index (χ0v) is 58.9.